The second kappa shape index (κ2) is 5.01. The van der Waals surface area contributed by atoms with Crippen LogP contribution < -0.4 is 14.2 Å². The highest BCUT2D eigenvalue weighted by atomic mass is 35.5. The average Bonchev–Trinajstić information content (AvgIpc) is 2.25. The molecule has 2 N–H and O–H groups in total. The second-order valence-electron chi connectivity index (χ2n) is 3.24. The Morgan fingerprint density at radius 2 is 2.38 bits per heavy atom. The van der Waals surface area contributed by atoms with Gasteiger partial charge in [0.25, 0.3) is 0 Å². The van der Waals surface area contributed by atoms with E-state index in [4.69, 9.17) is 25.6 Å². The molecule has 1 aliphatic rings. The van der Waals surface area contributed by atoms with Crippen molar-refractivity contribution in [1.82, 2.24) is 4.72 Å². The number of halogens is 1. The van der Waals surface area contributed by atoms with E-state index in [0.29, 0.717) is 23.1 Å². The smallest absolute Gasteiger partial charge is 0.231 e. The van der Waals surface area contributed by atoms with Gasteiger partial charge >= 0.3 is 0 Å². The predicted molar refractivity (Wildman–Crippen MR) is 60.1 cm³/mol. The molecule has 1 aromatic rings. The summed E-state index contributed by atoms with van der Waals surface area (Å²) in [6.45, 7) is 0.563. The molecular weight excluding hydrogens is 254 g/mol. The van der Waals surface area contributed by atoms with Gasteiger partial charge in [-0.15, -0.1) is 0 Å². The monoisotopic (exact) mass is 263 g/mol. The summed E-state index contributed by atoms with van der Waals surface area (Å²) in [6.07, 6.45) is -0.304. The van der Waals surface area contributed by atoms with Gasteiger partial charge in [-0.2, -0.15) is 0 Å². The Hall–Kier alpha value is -0.820. The quantitative estimate of drug-likeness (QED) is 0.805. The van der Waals surface area contributed by atoms with Gasteiger partial charge in [-0.3, -0.25) is 4.55 Å². The van der Waals surface area contributed by atoms with E-state index < -0.39 is 11.3 Å². The average molecular weight is 264 g/mol. The van der Waals surface area contributed by atoms with E-state index in [1.54, 1.807) is 18.2 Å². The number of fused-ring (bicyclic) bond motifs is 1. The lowest BCUT2D eigenvalue weighted by Crippen LogP contribution is -2.38. The molecule has 1 unspecified atom stereocenters. The minimum atomic E-state index is -2.04. The fourth-order valence-corrected chi connectivity index (χ4v) is 1.84. The molecule has 2 atom stereocenters. The van der Waals surface area contributed by atoms with Crippen LogP contribution in [-0.2, 0) is 11.3 Å². The summed E-state index contributed by atoms with van der Waals surface area (Å²) in [4.78, 5) is 0. The van der Waals surface area contributed by atoms with E-state index in [9.17, 15) is 4.21 Å². The zero-order valence-electron chi connectivity index (χ0n) is 8.18. The zero-order valence-corrected chi connectivity index (χ0v) is 9.75. The summed E-state index contributed by atoms with van der Waals surface area (Å²) in [5, 5.41) is 0.557. The summed E-state index contributed by atoms with van der Waals surface area (Å²) in [5.74, 6) is 1.18. The molecular formula is C9H10ClNO4S. The van der Waals surface area contributed by atoms with E-state index in [1.807, 2.05) is 0 Å². The van der Waals surface area contributed by atoms with Gasteiger partial charge in [0, 0.05) is 11.1 Å². The summed E-state index contributed by atoms with van der Waals surface area (Å²) in [6, 6.07) is 5.09. The minimum absolute atomic E-state index is 0.231. The third-order valence-corrected chi connectivity index (χ3v) is 2.71. The third-order valence-electron chi connectivity index (χ3n) is 2.06. The van der Waals surface area contributed by atoms with Crippen LogP contribution in [0.1, 0.15) is 0 Å². The Labute approximate surface area is 100 Å². The highest BCUT2D eigenvalue weighted by Gasteiger charge is 2.21. The summed E-state index contributed by atoms with van der Waals surface area (Å²) in [5.41, 5.74) is 0. The number of rotatable bonds is 3. The van der Waals surface area contributed by atoms with Gasteiger partial charge in [0.15, 0.2) is 11.5 Å². The molecule has 16 heavy (non-hydrogen) atoms. The van der Waals surface area contributed by atoms with Crippen molar-refractivity contribution in [2.75, 3.05) is 13.2 Å². The van der Waals surface area contributed by atoms with Crippen molar-refractivity contribution in [3.05, 3.63) is 23.2 Å². The number of benzene rings is 1. The van der Waals surface area contributed by atoms with Crippen LogP contribution in [0.25, 0.3) is 0 Å². The molecule has 1 aromatic carbocycles. The molecule has 0 radical (unpaired) electrons. The van der Waals surface area contributed by atoms with Crippen LogP contribution in [0.5, 0.6) is 11.5 Å². The van der Waals surface area contributed by atoms with Crippen molar-refractivity contribution in [3.8, 4) is 11.5 Å². The SMILES string of the molecule is O=S(O)NC[C@H]1COc2ccc(Cl)cc2O1. The molecule has 0 saturated heterocycles. The Kier molecular flexibility index (Phi) is 3.65. The molecule has 88 valence electrons. The molecule has 0 saturated carbocycles. The van der Waals surface area contributed by atoms with Crippen LogP contribution in [0.4, 0.5) is 0 Å². The van der Waals surface area contributed by atoms with Crippen molar-refractivity contribution >= 4 is 22.9 Å². The molecule has 5 nitrogen and oxygen atoms in total. The number of hydrogen-bond acceptors (Lipinski definition) is 3. The van der Waals surface area contributed by atoms with Gasteiger partial charge in [-0.05, 0) is 12.1 Å². The van der Waals surface area contributed by atoms with Crippen LogP contribution in [0.2, 0.25) is 5.02 Å². The maximum absolute atomic E-state index is 10.4. The Morgan fingerprint density at radius 3 is 3.12 bits per heavy atom. The molecule has 0 spiro atoms. The third kappa shape index (κ3) is 2.85. The fraction of sp³-hybridized carbons (Fsp3) is 0.333. The lowest BCUT2D eigenvalue weighted by molar-refractivity contribution is 0.0942. The zero-order chi connectivity index (χ0) is 11.5. The maximum Gasteiger partial charge on any atom is 0.231 e. The predicted octanol–water partition coefficient (Wildman–Crippen LogP) is 1.21. The molecule has 0 aromatic heterocycles. The first-order valence-electron chi connectivity index (χ1n) is 4.58. The van der Waals surface area contributed by atoms with Gasteiger partial charge in [0.2, 0.25) is 11.3 Å². The second-order valence-corrected chi connectivity index (χ2v) is 4.46. The van der Waals surface area contributed by atoms with Crippen molar-refractivity contribution in [2.45, 2.75) is 6.10 Å². The minimum Gasteiger partial charge on any atom is -0.486 e. The van der Waals surface area contributed by atoms with Gasteiger partial charge in [-0.1, -0.05) is 11.6 Å². The van der Waals surface area contributed by atoms with Crippen LogP contribution in [0, 0.1) is 0 Å². The van der Waals surface area contributed by atoms with E-state index in [2.05, 4.69) is 4.72 Å². The van der Waals surface area contributed by atoms with Crippen LogP contribution in [-0.4, -0.2) is 28.0 Å². The molecule has 0 fully saturated rings. The van der Waals surface area contributed by atoms with Gasteiger partial charge < -0.3 is 9.47 Å². The molecule has 0 amide bonds. The number of hydrogen-bond donors (Lipinski definition) is 2. The number of nitrogens with one attached hydrogen (secondary N) is 1. The topological polar surface area (TPSA) is 67.8 Å². The van der Waals surface area contributed by atoms with Gasteiger partial charge in [0.05, 0.1) is 6.54 Å². The maximum atomic E-state index is 10.4. The van der Waals surface area contributed by atoms with Gasteiger partial charge in [-0.25, -0.2) is 8.93 Å². The van der Waals surface area contributed by atoms with Crippen LogP contribution in [0.15, 0.2) is 18.2 Å². The van der Waals surface area contributed by atoms with E-state index in [1.165, 1.54) is 0 Å². The first-order chi connectivity index (χ1) is 7.65. The van der Waals surface area contributed by atoms with Crippen molar-refractivity contribution in [1.29, 1.82) is 0 Å². The van der Waals surface area contributed by atoms with Crippen molar-refractivity contribution < 1.29 is 18.2 Å². The standard InChI is InChI=1S/C9H10ClNO4S/c10-6-1-2-8-9(3-6)15-7(5-14-8)4-11-16(12)13/h1-3,7,11H,4-5H2,(H,12,13)/t7-/m0/s1. The van der Waals surface area contributed by atoms with Crippen molar-refractivity contribution in [2.24, 2.45) is 0 Å². The molecule has 1 heterocycles. The van der Waals surface area contributed by atoms with E-state index >= 15 is 0 Å². The highest BCUT2D eigenvalue weighted by Crippen LogP contribution is 2.33. The van der Waals surface area contributed by atoms with Crippen LogP contribution >= 0.6 is 11.6 Å². The lowest BCUT2D eigenvalue weighted by Gasteiger charge is -2.26. The first-order valence-corrected chi connectivity index (χ1v) is 6.07. The molecule has 0 bridgehead atoms. The molecule has 7 heteroatoms. The summed E-state index contributed by atoms with van der Waals surface area (Å²) < 4.78 is 32.3. The fourth-order valence-electron chi connectivity index (χ4n) is 1.35. The highest BCUT2D eigenvalue weighted by molar-refractivity contribution is 7.77. The Balaban J connectivity index is 2.02. The Morgan fingerprint density at radius 1 is 1.56 bits per heavy atom. The molecule has 1 aliphatic heterocycles. The largest absolute Gasteiger partial charge is 0.486 e. The normalized spacial score (nSPS) is 20.5. The first kappa shape index (κ1) is 11.7. The van der Waals surface area contributed by atoms with E-state index in [-0.39, 0.29) is 12.6 Å². The van der Waals surface area contributed by atoms with E-state index in [0.717, 1.165) is 0 Å². The summed E-state index contributed by atoms with van der Waals surface area (Å²) in [7, 11) is 0. The Bertz CT molecular complexity index is 414. The van der Waals surface area contributed by atoms with Crippen molar-refractivity contribution in [3.63, 3.8) is 0 Å². The van der Waals surface area contributed by atoms with Gasteiger partial charge in [0.1, 0.15) is 12.7 Å². The number of ether oxygens (including phenoxy) is 2. The summed E-state index contributed by atoms with van der Waals surface area (Å²) >= 11 is 3.77. The van der Waals surface area contributed by atoms with Crippen LogP contribution in [0.3, 0.4) is 0 Å². The molecule has 2 rings (SSSR count). The molecule has 0 aliphatic carbocycles. The lowest BCUT2D eigenvalue weighted by atomic mass is 10.2.